The highest BCUT2D eigenvalue weighted by Crippen LogP contribution is 2.32. The number of carbonyl (C=O) groups excluding carboxylic acids is 1. The Bertz CT molecular complexity index is 1210. The second kappa shape index (κ2) is 11.7. The number of aromatic nitrogens is 2. The van der Waals surface area contributed by atoms with Crippen molar-refractivity contribution in [3.05, 3.63) is 114 Å². The number of nitrogens with one attached hydrogen (secondary N) is 1. The largest absolute Gasteiger partial charge is 0.337 e. The number of aryl methyl sites for hydroxylation is 1. The molecule has 6 heteroatoms. The Morgan fingerprint density at radius 3 is 2.56 bits per heavy atom. The third-order valence-electron chi connectivity index (χ3n) is 6.88. The quantitative estimate of drug-likeness (QED) is 0.394. The molecule has 2 unspecified atom stereocenters. The summed E-state index contributed by atoms with van der Waals surface area (Å²) < 4.78 is 2.04. The standard InChI is InChI=1S/C30H33N5O/c36-30-33-29(32-18-17-27(24-11-4-1-5-12-24)25-13-6-2-7-14-25)28(26-15-8-3-9-16-26)35(30)21-10-20-34-22-19-31-23-34/h1,3-6,8-9,11-16,19,22-23,27-28H,2,7,10,17-18,20-21H2,(H,32,33,36). The summed E-state index contributed by atoms with van der Waals surface area (Å²) in [5.74, 6) is 1.04. The Morgan fingerprint density at radius 2 is 1.83 bits per heavy atom. The second-order valence-electron chi connectivity index (χ2n) is 9.29. The molecule has 2 aromatic carbocycles. The summed E-state index contributed by atoms with van der Waals surface area (Å²) in [4.78, 5) is 24.0. The molecule has 184 valence electrons. The molecule has 2 amide bonds. The van der Waals surface area contributed by atoms with Gasteiger partial charge in [0.25, 0.3) is 0 Å². The van der Waals surface area contributed by atoms with Gasteiger partial charge in [0.05, 0.1) is 6.33 Å². The van der Waals surface area contributed by atoms with Crippen molar-refractivity contribution in [1.29, 1.82) is 0 Å². The lowest BCUT2D eigenvalue weighted by Gasteiger charge is -2.24. The number of nitrogens with zero attached hydrogens (tertiary/aromatic N) is 4. The lowest BCUT2D eigenvalue weighted by Crippen LogP contribution is -2.31. The minimum Gasteiger partial charge on any atom is -0.337 e. The third kappa shape index (κ3) is 5.65. The molecule has 1 aliphatic heterocycles. The van der Waals surface area contributed by atoms with Crippen LogP contribution in [0.5, 0.6) is 0 Å². The zero-order chi connectivity index (χ0) is 24.6. The average Bonchev–Trinajstić information content (AvgIpc) is 3.56. The number of hydrogen-bond acceptors (Lipinski definition) is 3. The van der Waals surface area contributed by atoms with E-state index in [9.17, 15) is 4.79 Å². The van der Waals surface area contributed by atoms with Crippen LogP contribution in [0.1, 0.15) is 48.8 Å². The minimum atomic E-state index is -0.189. The molecule has 1 N–H and O–H groups in total. The maximum absolute atomic E-state index is 13.0. The zero-order valence-corrected chi connectivity index (χ0v) is 20.5. The predicted molar refractivity (Wildman–Crippen MR) is 144 cm³/mol. The van der Waals surface area contributed by atoms with E-state index in [-0.39, 0.29) is 12.1 Å². The topological polar surface area (TPSA) is 62.5 Å². The summed E-state index contributed by atoms with van der Waals surface area (Å²) in [6.45, 7) is 2.11. The van der Waals surface area contributed by atoms with Crippen molar-refractivity contribution in [2.24, 2.45) is 4.99 Å². The monoisotopic (exact) mass is 479 g/mol. The van der Waals surface area contributed by atoms with E-state index >= 15 is 0 Å². The Morgan fingerprint density at radius 1 is 1.03 bits per heavy atom. The van der Waals surface area contributed by atoms with Gasteiger partial charge in [-0.2, -0.15) is 0 Å². The molecule has 6 nitrogen and oxygen atoms in total. The number of amides is 2. The number of allylic oxidation sites excluding steroid dienone is 4. The van der Waals surface area contributed by atoms with E-state index in [1.807, 2.05) is 40.2 Å². The fraction of sp³-hybridized carbons (Fsp3) is 0.300. The highest BCUT2D eigenvalue weighted by molar-refractivity contribution is 6.07. The average molecular weight is 480 g/mol. The van der Waals surface area contributed by atoms with Crippen LogP contribution < -0.4 is 5.32 Å². The van der Waals surface area contributed by atoms with Crippen LogP contribution in [0.3, 0.4) is 0 Å². The summed E-state index contributed by atoms with van der Waals surface area (Å²) in [7, 11) is 0. The van der Waals surface area contributed by atoms with Gasteiger partial charge in [-0.3, -0.25) is 10.3 Å². The number of carbonyl (C=O) groups is 1. The first kappa shape index (κ1) is 23.8. The fourth-order valence-corrected chi connectivity index (χ4v) is 5.10. The van der Waals surface area contributed by atoms with E-state index < -0.39 is 0 Å². The number of benzene rings is 2. The third-order valence-corrected chi connectivity index (χ3v) is 6.88. The van der Waals surface area contributed by atoms with Gasteiger partial charge in [-0.05, 0) is 42.4 Å². The maximum Gasteiger partial charge on any atom is 0.323 e. The van der Waals surface area contributed by atoms with Gasteiger partial charge in [0.2, 0.25) is 0 Å². The Hall–Kier alpha value is -3.93. The highest BCUT2D eigenvalue weighted by atomic mass is 16.2. The summed E-state index contributed by atoms with van der Waals surface area (Å²) in [6, 6.07) is 20.6. The number of hydrogen-bond donors (Lipinski definition) is 1. The number of urea groups is 1. The van der Waals surface area contributed by atoms with Crippen molar-refractivity contribution in [1.82, 2.24) is 19.8 Å². The zero-order valence-electron chi connectivity index (χ0n) is 20.5. The van der Waals surface area contributed by atoms with Gasteiger partial charge in [0.15, 0.2) is 0 Å². The predicted octanol–water partition coefficient (Wildman–Crippen LogP) is 5.89. The summed E-state index contributed by atoms with van der Waals surface area (Å²) in [5, 5.41) is 3.08. The van der Waals surface area contributed by atoms with Crippen molar-refractivity contribution in [2.75, 3.05) is 13.1 Å². The number of amidine groups is 1. The van der Waals surface area contributed by atoms with Gasteiger partial charge < -0.3 is 9.47 Å². The molecule has 1 aromatic heterocycles. The van der Waals surface area contributed by atoms with Crippen molar-refractivity contribution < 1.29 is 4.79 Å². The van der Waals surface area contributed by atoms with Gasteiger partial charge in [-0.1, -0.05) is 78.9 Å². The van der Waals surface area contributed by atoms with Crippen LogP contribution >= 0.6 is 0 Å². The lowest BCUT2D eigenvalue weighted by molar-refractivity contribution is 0.204. The number of imidazole rings is 1. The van der Waals surface area contributed by atoms with Gasteiger partial charge in [-0.25, -0.2) is 9.78 Å². The highest BCUT2D eigenvalue weighted by Gasteiger charge is 2.37. The van der Waals surface area contributed by atoms with E-state index in [0.29, 0.717) is 19.0 Å². The van der Waals surface area contributed by atoms with Crippen LogP contribution in [0.15, 0.2) is 108 Å². The molecule has 5 rings (SSSR count). The van der Waals surface area contributed by atoms with Crippen LogP contribution in [-0.2, 0) is 6.54 Å². The van der Waals surface area contributed by atoms with E-state index in [4.69, 9.17) is 4.99 Å². The molecule has 0 spiro atoms. The van der Waals surface area contributed by atoms with Gasteiger partial charge >= 0.3 is 6.03 Å². The lowest BCUT2D eigenvalue weighted by atomic mass is 9.85. The van der Waals surface area contributed by atoms with E-state index in [1.165, 1.54) is 11.1 Å². The molecule has 1 fully saturated rings. The van der Waals surface area contributed by atoms with Crippen molar-refractivity contribution >= 4 is 11.9 Å². The Labute approximate surface area is 213 Å². The van der Waals surface area contributed by atoms with E-state index in [0.717, 1.165) is 43.6 Å². The molecule has 0 radical (unpaired) electrons. The first-order valence-electron chi connectivity index (χ1n) is 12.8. The molecular formula is C30H33N5O. The maximum atomic E-state index is 13.0. The fourth-order valence-electron chi connectivity index (χ4n) is 5.10. The van der Waals surface area contributed by atoms with Crippen molar-refractivity contribution in [2.45, 2.75) is 44.2 Å². The molecule has 0 bridgehead atoms. The molecule has 1 saturated heterocycles. The summed E-state index contributed by atoms with van der Waals surface area (Å²) >= 11 is 0. The molecule has 2 heterocycles. The van der Waals surface area contributed by atoms with Crippen molar-refractivity contribution in [3.63, 3.8) is 0 Å². The van der Waals surface area contributed by atoms with E-state index in [1.54, 1.807) is 6.20 Å². The summed E-state index contributed by atoms with van der Waals surface area (Å²) in [5.41, 5.74) is 3.75. The van der Waals surface area contributed by atoms with Gasteiger partial charge in [-0.15, -0.1) is 0 Å². The normalized spacial score (nSPS) is 19.4. The molecule has 36 heavy (non-hydrogen) atoms. The molecular weight excluding hydrogens is 446 g/mol. The van der Waals surface area contributed by atoms with Gasteiger partial charge in [0.1, 0.15) is 11.9 Å². The first-order chi connectivity index (χ1) is 17.8. The molecule has 0 saturated carbocycles. The number of aliphatic imine (C=N–C) groups is 1. The molecule has 3 aromatic rings. The van der Waals surface area contributed by atoms with Crippen LogP contribution in [-0.4, -0.2) is 39.4 Å². The second-order valence-corrected chi connectivity index (χ2v) is 9.29. The molecule has 1 aliphatic carbocycles. The van der Waals surface area contributed by atoms with Crippen LogP contribution in [0, 0.1) is 0 Å². The first-order valence-corrected chi connectivity index (χ1v) is 12.8. The van der Waals surface area contributed by atoms with E-state index in [2.05, 4.69) is 71.0 Å². The Kier molecular flexibility index (Phi) is 7.71. The van der Waals surface area contributed by atoms with Crippen molar-refractivity contribution in [3.8, 4) is 0 Å². The SMILES string of the molecule is O=C1N/C(=N\CCC(C2=CCCC=C2)c2ccccc2)C(c2ccccc2)N1CCCn1ccnc1. The summed E-state index contributed by atoms with van der Waals surface area (Å²) in [6.07, 6.45) is 16.4. The minimum absolute atomic E-state index is 0.0780. The number of rotatable bonds is 10. The smallest absolute Gasteiger partial charge is 0.323 e. The van der Waals surface area contributed by atoms with Crippen LogP contribution in [0.25, 0.3) is 0 Å². The van der Waals surface area contributed by atoms with Crippen LogP contribution in [0.4, 0.5) is 4.79 Å². The van der Waals surface area contributed by atoms with Gasteiger partial charge in [0, 0.05) is 37.9 Å². The Balaban J connectivity index is 1.33. The molecule has 2 atom stereocenters. The van der Waals surface area contributed by atoms with Crippen LogP contribution in [0.2, 0.25) is 0 Å². The molecule has 2 aliphatic rings.